The van der Waals surface area contributed by atoms with E-state index < -0.39 is 0 Å². The van der Waals surface area contributed by atoms with Gasteiger partial charge in [0.15, 0.2) is 0 Å². The highest BCUT2D eigenvalue weighted by Crippen LogP contribution is 2.32. The molecule has 4 nitrogen and oxygen atoms in total. The molecule has 1 aromatic carbocycles. The van der Waals surface area contributed by atoms with Crippen LogP contribution in [0.1, 0.15) is 30.9 Å². The predicted molar refractivity (Wildman–Crippen MR) is 67.3 cm³/mol. The highest BCUT2D eigenvalue weighted by atomic mass is 16.1. The second-order valence-corrected chi connectivity index (χ2v) is 4.80. The summed E-state index contributed by atoms with van der Waals surface area (Å²) in [7, 11) is 1.88. The van der Waals surface area contributed by atoms with Crippen molar-refractivity contribution in [2.45, 2.75) is 25.2 Å². The maximum atomic E-state index is 12.0. The number of benzene rings is 1. The van der Waals surface area contributed by atoms with E-state index in [1.807, 2.05) is 31.3 Å². The minimum absolute atomic E-state index is 0.00935. The zero-order chi connectivity index (χ0) is 12.7. The van der Waals surface area contributed by atoms with Gasteiger partial charge in [-0.05, 0) is 12.5 Å². The SMILES string of the molecule is Cn1nc(C2CCC(=O)CC2=O)c2ccccc21. The average molecular weight is 242 g/mol. The van der Waals surface area contributed by atoms with Gasteiger partial charge in [-0.1, -0.05) is 18.2 Å². The summed E-state index contributed by atoms with van der Waals surface area (Å²) in [4.78, 5) is 23.3. The molecule has 4 heteroatoms. The Labute approximate surface area is 105 Å². The van der Waals surface area contributed by atoms with Crippen LogP contribution in [-0.2, 0) is 16.6 Å². The van der Waals surface area contributed by atoms with Gasteiger partial charge >= 0.3 is 0 Å². The van der Waals surface area contributed by atoms with Crippen LogP contribution < -0.4 is 0 Å². The summed E-state index contributed by atoms with van der Waals surface area (Å²) >= 11 is 0. The Morgan fingerprint density at radius 3 is 2.83 bits per heavy atom. The maximum Gasteiger partial charge on any atom is 0.149 e. The first-order valence-electron chi connectivity index (χ1n) is 6.13. The summed E-state index contributed by atoms with van der Waals surface area (Å²) in [5.74, 6) is -0.152. The van der Waals surface area contributed by atoms with Crippen molar-refractivity contribution in [3.8, 4) is 0 Å². The standard InChI is InChI=1S/C14H14N2O2/c1-16-12-5-3-2-4-10(12)14(15-16)11-7-6-9(17)8-13(11)18/h2-5,11H,6-8H2,1H3. The first-order chi connectivity index (χ1) is 8.66. The molecular weight excluding hydrogens is 228 g/mol. The smallest absolute Gasteiger partial charge is 0.149 e. The van der Waals surface area contributed by atoms with E-state index in [9.17, 15) is 9.59 Å². The third kappa shape index (κ3) is 1.65. The van der Waals surface area contributed by atoms with Gasteiger partial charge in [-0.25, -0.2) is 0 Å². The van der Waals surface area contributed by atoms with E-state index in [2.05, 4.69) is 5.10 Å². The fourth-order valence-corrected chi connectivity index (χ4v) is 2.66. The van der Waals surface area contributed by atoms with Crippen molar-refractivity contribution in [3.63, 3.8) is 0 Å². The molecule has 1 heterocycles. The Balaban J connectivity index is 2.09. The number of ketones is 2. The van der Waals surface area contributed by atoms with Crippen LogP contribution in [0.4, 0.5) is 0 Å². The molecule has 2 aromatic rings. The molecule has 18 heavy (non-hydrogen) atoms. The molecule has 1 aromatic heterocycles. The van der Waals surface area contributed by atoms with Crippen molar-refractivity contribution >= 4 is 22.5 Å². The third-order valence-corrected chi connectivity index (χ3v) is 3.59. The van der Waals surface area contributed by atoms with Crippen molar-refractivity contribution < 1.29 is 9.59 Å². The Morgan fingerprint density at radius 1 is 1.28 bits per heavy atom. The van der Waals surface area contributed by atoms with Crippen LogP contribution in [0.3, 0.4) is 0 Å². The van der Waals surface area contributed by atoms with Gasteiger partial charge < -0.3 is 0 Å². The first-order valence-corrected chi connectivity index (χ1v) is 6.13. The molecule has 92 valence electrons. The molecule has 1 saturated carbocycles. The van der Waals surface area contributed by atoms with E-state index >= 15 is 0 Å². The van der Waals surface area contributed by atoms with Crippen molar-refractivity contribution in [2.24, 2.45) is 7.05 Å². The second-order valence-electron chi connectivity index (χ2n) is 4.80. The largest absolute Gasteiger partial charge is 0.299 e. The quantitative estimate of drug-likeness (QED) is 0.718. The molecular formula is C14H14N2O2. The van der Waals surface area contributed by atoms with E-state index in [0.29, 0.717) is 12.8 Å². The highest BCUT2D eigenvalue weighted by molar-refractivity contribution is 6.05. The number of carbonyl (C=O) groups excluding carboxylic acids is 2. The number of hydrogen-bond donors (Lipinski definition) is 0. The van der Waals surface area contributed by atoms with Gasteiger partial charge in [0.1, 0.15) is 11.6 Å². The first kappa shape index (κ1) is 11.1. The van der Waals surface area contributed by atoms with E-state index in [1.54, 1.807) is 4.68 Å². The number of aromatic nitrogens is 2. The normalized spacial score (nSPS) is 20.6. The summed E-state index contributed by atoms with van der Waals surface area (Å²) in [5.41, 5.74) is 1.85. The van der Waals surface area contributed by atoms with Gasteiger partial charge in [-0.2, -0.15) is 5.10 Å². The van der Waals surface area contributed by atoms with Gasteiger partial charge in [0.2, 0.25) is 0 Å². The van der Waals surface area contributed by atoms with E-state index in [1.165, 1.54) is 0 Å². The Morgan fingerprint density at radius 2 is 2.06 bits per heavy atom. The molecule has 1 atom stereocenters. The van der Waals surface area contributed by atoms with Gasteiger partial charge in [0, 0.05) is 18.9 Å². The number of fused-ring (bicyclic) bond motifs is 1. The lowest BCUT2D eigenvalue weighted by atomic mass is 9.84. The van der Waals surface area contributed by atoms with Gasteiger partial charge in [-0.3, -0.25) is 14.3 Å². The number of Topliss-reactive ketones (excluding diaryl/α,β-unsaturated/α-hetero) is 2. The topological polar surface area (TPSA) is 52.0 Å². The summed E-state index contributed by atoms with van der Waals surface area (Å²) in [6.45, 7) is 0. The number of carbonyl (C=O) groups is 2. The average Bonchev–Trinajstić information content (AvgIpc) is 2.68. The molecule has 0 saturated heterocycles. The fraction of sp³-hybridized carbons (Fsp3) is 0.357. The van der Waals surface area contributed by atoms with Crippen LogP contribution in [-0.4, -0.2) is 21.3 Å². The van der Waals surface area contributed by atoms with Crippen LogP contribution in [0.5, 0.6) is 0 Å². The number of nitrogens with zero attached hydrogens (tertiary/aromatic N) is 2. The molecule has 1 unspecified atom stereocenters. The number of rotatable bonds is 1. The number of hydrogen-bond acceptors (Lipinski definition) is 3. The minimum atomic E-state index is -0.214. The zero-order valence-corrected chi connectivity index (χ0v) is 10.2. The highest BCUT2D eigenvalue weighted by Gasteiger charge is 2.31. The van der Waals surface area contributed by atoms with Crippen molar-refractivity contribution in [1.82, 2.24) is 9.78 Å². The van der Waals surface area contributed by atoms with Crippen LogP contribution in [0.2, 0.25) is 0 Å². The third-order valence-electron chi connectivity index (χ3n) is 3.59. The number of aryl methyl sites for hydroxylation is 1. The molecule has 0 spiro atoms. The lowest BCUT2D eigenvalue weighted by molar-refractivity contribution is -0.130. The zero-order valence-electron chi connectivity index (χ0n) is 10.2. The molecule has 1 fully saturated rings. The Hall–Kier alpha value is -1.97. The summed E-state index contributed by atoms with van der Waals surface area (Å²) in [6.07, 6.45) is 1.15. The van der Waals surface area contributed by atoms with Gasteiger partial charge in [0.25, 0.3) is 0 Å². The lowest BCUT2D eigenvalue weighted by Crippen LogP contribution is -2.23. The molecule has 0 aliphatic heterocycles. The summed E-state index contributed by atoms with van der Waals surface area (Å²) in [5, 5.41) is 5.49. The van der Waals surface area contributed by atoms with Crippen LogP contribution in [0.25, 0.3) is 10.9 Å². The molecule has 0 N–H and O–H groups in total. The Kier molecular flexibility index (Phi) is 2.51. The van der Waals surface area contributed by atoms with Crippen LogP contribution in [0, 0.1) is 0 Å². The molecule has 3 rings (SSSR count). The van der Waals surface area contributed by atoms with Crippen molar-refractivity contribution in [3.05, 3.63) is 30.0 Å². The van der Waals surface area contributed by atoms with Crippen LogP contribution in [0.15, 0.2) is 24.3 Å². The van der Waals surface area contributed by atoms with Gasteiger partial charge in [0.05, 0.1) is 23.5 Å². The number of para-hydroxylation sites is 1. The molecule has 0 bridgehead atoms. The predicted octanol–water partition coefficient (Wildman–Crippen LogP) is 1.98. The molecule has 1 aliphatic rings. The maximum absolute atomic E-state index is 12.0. The fourth-order valence-electron chi connectivity index (χ4n) is 2.66. The molecule has 1 aliphatic carbocycles. The van der Waals surface area contributed by atoms with Crippen molar-refractivity contribution in [2.75, 3.05) is 0 Å². The molecule has 0 amide bonds. The van der Waals surface area contributed by atoms with E-state index in [4.69, 9.17) is 0 Å². The van der Waals surface area contributed by atoms with Crippen LogP contribution >= 0.6 is 0 Å². The lowest BCUT2D eigenvalue weighted by Gasteiger charge is -2.18. The summed E-state index contributed by atoms with van der Waals surface area (Å²) in [6, 6.07) is 7.89. The van der Waals surface area contributed by atoms with Gasteiger partial charge in [-0.15, -0.1) is 0 Å². The van der Waals surface area contributed by atoms with E-state index in [0.717, 1.165) is 16.6 Å². The second kappa shape index (κ2) is 4.05. The van der Waals surface area contributed by atoms with E-state index in [-0.39, 0.29) is 23.9 Å². The van der Waals surface area contributed by atoms with Crippen molar-refractivity contribution in [1.29, 1.82) is 0 Å². The molecule has 0 radical (unpaired) electrons. The Bertz CT molecular complexity index is 642. The monoisotopic (exact) mass is 242 g/mol. The minimum Gasteiger partial charge on any atom is -0.299 e. The summed E-state index contributed by atoms with van der Waals surface area (Å²) < 4.78 is 1.80.